The van der Waals surface area contributed by atoms with E-state index in [1.807, 2.05) is 0 Å². The Morgan fingerprint density at radius 2 is 0.887 bits per heavy atom. The van der Waals surface area contributed by atoms with Crippen LogP contribution in [0.15, 0.2) is 212 Å². The molecule has 0 unspecified atom stereocenters. The lowest BCUT2D eigenvalue weighted by Crippen LogP contribution is -2.60. The monoisotopic (exact) mass is 928 g/mol. The van der Waals surface area contributed by atoms with Crippen molar-refractivity contribution >= 4 is 67.9 Å². The first kappa shape index (κ1) is 42.2. The highest BCUT2D eigenvalue weighted by atomic mass is 32.1. The third-order valence-corrected chi connectivity index (χ3v) is 17.3. The van der Waals surface area contributed by atoms with Gasteiger partial charge < -0.3 is 9.80 Å². The van der Waals surface area contributed by atoms with E-state index in [0.717, 1.165) is 5.69 Å². The maximum absolute atomic E-state index is 2.61. The second kappa shape index (κ2) is 15.2. The van der Waals surface area contributed by atoms with E-state index in [1.165, 1.54) is 121 Å². The SMILES string of the molecule is CC(C)(C)c1cc(-c2ccccc2)c(-c2ccc3c(c2)N(c2ccccc2)c2cccc4c2B3c2sc3c(c2N4c2ccccc2)-c2ccccc2C32c3ccccc3-c3ccccc32)cc1C(C)(C)C. The standard InChI is InChI=1S/C67H53BN2S/c1-65(2,3)54-40-49(42-23-10-7-11-24-42)50(41-55(54)66(4,5)6)43-37-38-56-59(39-43)69(44-25-12-8-13-26-44)57-35-22-36-58-61(57)68(56)64-62(70(58)45-27-14-9-15-28-45)60-48-31-18-21-34-53(48)67(63(60)71-64)51-32-19-16-29-46(51)47-30-17-20-33-52(47)67/h7-41H,1-6H3. The Morgan fingerprint density at radius 1 is 0.408 bits per heavy atom. The highest BCUT2D eigenvalue weighted by Crippen LogP contribution is 2.67. The van der Waals surface area contributed by atoms with E-state index in [9.17, 15) is 0 Å². The van der Waals surface area contributed by atoms with E-state index in [-0.39, 0.29) is 17.5 Å². The van der Waals surface area contributed by atoms with Gasteiger partial charge in [0.05, 0.1) is 11.1 Å². The van der Waals surface area contributed by atoms with Crippen LogP contribution in [-0.4, -0.2) is 6.71 Å². The summed E-state index contributed by atoms with van der Waals surface area (Å²) in [5.74, 6) is 0. The number of anilines is 6. The van der Waals surface area contributed by atoms with Crippen molar-refractivity contribution in [3.8, 4) is 44.5 Å². The molecule has 3 heterocycles. The van der Waals surface area contributed by atoms with E-state index in [1.54, 1.807) is 0 Å². The van der Waals surface area contributed by atoms with E-state index >= 15 is 0 Å². The minimum Gasteiger partial charge on any atom is -0.311 e. The summed E-state index contributed by atoms with van der Waals surface area (Å²) in [4.78, 5) is 6.59. The first-order valence-corrected chi connectivity index (χ1v) is 26.0. The normalized spacial score (nSPS) is 14.4. The lowest BCUT2D eigenvalue weighted by Gasteiger charge is -2.43. The van der Waals surface area contributed by atoms with Gasteiger partial charge in [0.2, 0.25) is 0 Å². The van der Waals surface area contributed by atoms with Crippen LogP contribution in [0, 0.1) is 0 Å². The van der Waals surface area contributed by atoms with Crippen LogP contribution in [0.1, 0.15) is 74.2 Å². The van der Waals surface area contributed by atoms with Crippen molar-refractivity contribution in [3.05, 3.63) is 245 Å². The fourth-order valence-electron chi connectivity index (χ4n) is 13.0. The van der Waals surface area contributed by atoms with Crippen molar-refractivity contribution in [1.82, 2.24) is 0 Å². The Labute approximate surface area is 422 Å². The molecule has 14 rings (SSSR count). The average Bonchev–Trinajstić information content (AvgIpc) is 4.03. The first-order chi connectivity index (χ1) is 34.5. The van der Waals surface area contributed by atoms with Gasteiger partial charge in [-0.25, -0.2) is 0 Å². The van der Waals surface area contributed by atoms with Gasteiger partial charge in [0.15, 0.2) is 0 Å². The van der Waals surface area contributed by atoms with Gasteiger partial charge in [-0.05, 0) is 143 Å². The minimum atomic E-state index is -0.451. The van der Waals surface area contributed by atoms with Crippen LogP contribution >= 0.6 is 11.3 Å². The van der Waals surface area contributed by atoms with Crippen LogP contribution in [0.3, 0.4) is 0 Å². The number of thiophene rings is 1. The van der Waals surface area contributed by atoms with Gasteiger partial charge in [-0.15, -0.1) is 11.3 Å². The van der Waals surface area contributed by atoms with Gasteiger partial charge >= 0.3 is 0 Å². The molecule has 0 amide bonds. The molecule has 2 aliphatic heterocycles. The number of nitrogens with zero attached hydrogens (tertiary/aromatic N) is 2. The largest absolute Gasteiger partial charge is 0.311 e. The summed E-state index contributed by atoms with van der Waals surface area (Å²) in [5, 5.41) is 0. The van der Waals surface area contributed by atoms with Crippen molar-refractivity contribution in [1.29, 1.82) is 0 Å². The lowest BCUT2D eigenvalue weighted by atomic mass is 9.36. The smallest absolute Gasteiger partial charge is 0.264 e. The molecule has 4 heteroatoms. The molecule has 2 aliphatic carbocycles. The topological polar surface area (TPSA) is 6.48 Å². The van der Waals surface area contributed by atoms with Crippen molar-refractivity contribution in [2.75, 3.05) is 9.80 Å². The summed E-state index contributed by atoms with van der Waals surface area (Å²) < 4.78 is 1.39. The van der Waals surface area contributed by atoms with Gasteiger partial charge in [0.1, 0.15) is 0 Å². The summed E-state index contributed by atoms with van der Waals surface area (Å²) in [6, 6.07) is 80.4. The molecule has 0 radical (unpaired) electrons. The number of benzene rings is 9. The zero-order valence-corrected chi connectivity index (χ0v) is 41.9. The van der Waals surface area contributed by atoms with Crippen LogP contribution < -0.4 is 25.5 Å². The highest BCUT2D eigenvalue weighted by molar-refractivity contribution is 7.30. The molecule has 10 aromatic rings. The fraction of sp³-hybridized carbons (Fsp3) is 0.134. The highest BCUT2D eigenvalue weighted by Gasteiger charge is 2.56. The van der Waals surface area contributed by atoms with Crippen LogP contribution in [0.2, 0.25) is 0 Å². The summed E-state index contributed by atoms with van der Waals surface area (Å²) in [7, 11) is 0. The van der Waals surface area contributed by atoms with E-state index < -0.39 is 5.41 Å². The molecule has 9 aromatic carbocycles. The number of para-hydroxylation sites is 2. The third kappa shape index (κ3) is 5.89. The number of fused-ring (bicyclic) bond motifs is 15. The van der Waals surface area contributed by atoms with Crippen LogP contribution in [0.5, 0.6) is 0 Å². The molecule has 2 nitrogen and oxygen atoms in total. The number of rotatable bonds is 4. The molecule has 0 saturated heterocycles. The van der Waals surface area contributed by atoms with Crippen molar-refractivity contribution in [2.45, 2.75) is 57.8 Å². The quantitative estimate of drug-likeness (QED) is 0.162. The summed E-state index contributed by atoms with van der Waals surface area (Å²) in [5.41, 5.74) is 26.6. The van der Waals surface area contributed by atoms with Gasteiger partial charge in [-0.1, -0.05) is 199 Å². The second-order valence-corrected chi connectivity index (χ2v) is 23.0. The molecule has 0 bridgehead atoms. The van der Waals surface area contributed by atoms with Gasteiger partial charge in [-0.3, -0.25) is 0 Å². The fourth-order valence-corrected chi connectivity index (χ4v) is 14.6. The Morgan fingerprint density at radius 3 is 1.46 bits per heavy atom. The molecule has 340 valence electrons. The average molecular weight is 929 g/mol. The summed E-state index contributed by atoms with van der Waals surface area (Å²) in [6.45, 7) is 14.2. The predicted octanol–water partition coefficient (Wildman–Crippen LogP) is 16.1. The molecule has 4 aliphatic rings. The molecule has 0 saturated carbocycles. The molecule has 0 atom stereocenters. The minimum absolute atomic E-state index is 0.0196. The van der Waals surface area contributed by atoms with Gasteiger partial charge in [0, 0.05) is 43.7 Å². The maximum Gasteiger partial charge on any atom is 0.264 e. The molecule has 0 fully saturated rings. The predicted molar refractivity (Wildman–Crippen MR) is 303 cm³/mol. The molecule has 71 heavy (non-hydrogen) atoms. The zero-order valence-electron chi connectivity index (χ0n) is 41.1. The molecule has 1 spiro atoms. The number of hydrogen-bond acceptors (Lipinski definition) is 3. The van der Waals surface area contributed by atoms with Crippen molar-refractivity contribution in [3.63, 3.8) is 0 Å². The van der Waals surface area contributed by atoms with E-state index in [2.05, 4.69) is 275 Å². The first-order valence-electron chi connectivity index (χ1n) is 25.2. The Balaban J connectivity index is 1.09. The van der Waals surface area contributed by atoms with Crippen molar-refractivity contribution < 1.29 is 0 Å². The molecule has 1 aromatic heterocycles. The number of hydrogen-bond donors (Lipinski definition) is 0. The van der Waals surface area contributed by atoms with Crippen LogP contribution in [-0.2, 0) is 16.2 Å². The van der Waals surface area contributed by atoms with Gasteiger partial charge in [0.25, 0.3) is 6.71 Å². The summed E-state index contributed by atoms with van der Waals surface area (Å²) >= 11 is 2.05. The third-order valence-electron chi connectivity index (χ3n) is 15.9. The molecular weight excluding hydrogens is 876 g/mol. The van der Waals surface area contributed by atoms with E-state index in [4.69, 9.17) is 0 Å². The van der Waals surface area contributed by atoms with Crippen molar-refractivity contribution in [2.24, 2.45) is 0 Å². The Bertz CT molecular complexity index is 3750. The Kier molecular flexibility index (Phi) is 9.03. The van der Waals surface area contributed by atoms with Gasteiger partial charge in [-0.2, -0.15) is 0 Å². The Hall–Kier alpha value is -7.66. The second-order valence-electron chi connectivity index (χ2n) is 22.0. The lowest BCUT2D eigenvalue weighted by molar-refractivity contribution is 0.530. The maximum atomic E-state index is 2.61. The zero-order chi connectivity index (χ0) is 48.0. The van der Waals surface area contributed by atoms with Crippen LogP contribution in [0.4, 0.5) is 34.1 Å². The molecule has 0 N–H and O–H groups in total. The molecular formula is C67H53BN2S. The van der Waals surface area contributed by atoms with E-state index in [0.29, 0.717) is 0 Å². The summed E-state index contributed by atoms with van der Waals surface area (Å²) in [6.07, 6.45) is 0. The van der Waals surface area contributed by atoms with Crippen LogP contribution in [0.25, 0.3) is 44.5 Å².